The topological polar surface area (TPSA) is 47.6 Å². The molecule has 1 aromatic carbocycles. The lowest BCUT2D eigenvalue weighted by Gasteiger charge is -2.33. The lowest BCUT2D eigenvalue weighted by molar-refractivity contribution is -0.125. The normalized spacial score (nSPS) is 25.0. The third-order valence-corrected chi connectivity index (χ3v) is 6.10. The molecule has 0 aromatic heterocycles. The Morgan fingerprint density at radius 3 is 2.52 bits per heavy atom. The Morgan fingerprint density at radius 1 is 1.19 bits per heavy atom. The molecule has 0 bridgehead atoms. The summed E-state index contributed by atoms with van der Waals surface area (Å²) in [6.07, 6.45) is 4.52. The summed E-state index contributed by atoms with van der Waals surface area (Å²) in [6.45, 7) is 7.52. The van der Waals surface area contributed by atoms with Crippen molar-refractivity contribution in [2.24, 2.45) is 0 Å². The van der Waals surface area contributed by atoms with Crippen molar-refractivity contribution in [1.29, 1.82) is 0 Å². The average Bonchev–Trinajstić information content (AvgIpc) is 3.07. The fourth-order valence-electron chi connectivity index (χ4n) is 4.44. The van der Waals surface area contributed by atoms with E-state index in [1.807, 2.05) is 24.3 Å². The fourth-order valence-corrected chi connectivity index (χ4v) is 4.56. The first-order chi connectivity index (χ1) is 13.1. The van der Waals surface area contributed by atoms with E-state index in [4.69, 9.17) is 11.6 Å². The Kier molecular flexibility index (Phi) is 7.53. The molecule has 2 aliphatic heterocycles. The first-order valence-electron chi connectivity index (χ1n) is 10.3. The second kappa shape index (κ2) is 9.87. The number of benzene rings is 1. The molecule has 1 aromatic rings. The van der Waals surface area contributed by atoms with E-state index in [0.29, 0.717) is 12.1 Å². The number of nitrogens with zero attached hydrogens (tertiary/aromatic N) is 2. The predicted octanol–water partition coefficient (Wildman–Crippen LogP) is 2.49. The highest BCUT2D eigenvalue weighted by molar-refractivity contribution is 6.30. The molecule has 0 aliphatic carbocycles. The smallest absolute Gasteiger partial charge is 0.237 e. The van der Waals surface area contributed by atoms with Crippen LogP contribution in [0.3, 0.4) is 0 Å². The largest absolute Gasteiger partial charge is 0.358 e. The van der Waals surface area contributed by atoms with E-state index >= 15 is 0 Å². The monoisotopic (exact) mass is 392 g/mol. The average molecular weight is 393 g/mol. The highest BCUT2D eigenvalue weighted by atomic mass is 35.5. The number of likely N-dealkylation sites (N-methyl/N-ethyl adjacent to an activating group) is 1. The molecule has 5 nitrogen and oxygen atoms in total. The van der Waals surface area contributed by atoms with E-state index < -0.39 is 0 Å². The van der Waals surface area contributed by atoms with Crippen molar-refractivity contribution in [3.8, 4) is 0 Å². The summed E-state index contributed by atoms with van der Waals surface area (Å²) in [5, 5.41) is 7.43. The highest BCUT2D eigenvalue weighted by Crippen LogP contribution is 2.23. The molecule has 6 heteroatoms. The van der Waals surface area contributed by atoms with Gasteiger partial charge in [0.2, 0.25) is 5.91 Å². The zero-order chi connectivity index (χ0) is 19.2. The van der Waals surface area contributed by atoms with Gasteiger partial charge in [-0.3, -0.25) is 9.69 Å². The van der Waals surface area contributed by atoms with Crippen LogP contribution in [-0.4, -0.2) is 67.1 Å². The number of hydrogen-bond donors (Lipinski definition) is 2. The Morgan fingerprint density at radius 2 is 1.89 bits per heavy atom. The second-order valence-corrected chi connectivity index (χ2v) is 8.34. The molecule has 2 atom stereocenters. The van der Waals surface area contributed by atoms with Gasteiger partial charge in [-0.05, 0) is 63.0 Å². The SMILES string of the molecule is CCCN1CCC(N[C@H]2C[C@@H](C(=O)NC)N(Cc3ccc(Cl)cc3)C2)CC1. The number of amides is 1. The van der Waals surface area contributed by atoms with E-state index in [1.165, 1.54) is 44.5 Å². The van der Waals surface area contributed by atoms with Crippen molar-refractivity contribution in [3.05, 3.63) is 34.9 Å². The molecule has 0 radical (unpaired) electrons. The van der Waals surface area contributed by atoms with Gasteiger partial charge in [0.1, 0.15) is 0 Å². The molecule has 2 heterocycles. The Labute approximate surface area is 168 Å². The minimum Gasteiger partial charge on any atom is -0.358 e. The zero-order valence-corrected chi connectivity index (χ0v) is 17.3. The van der Waals surface area contributed by atoms with Crippen LogP contribution in [-0.2, 0) is 11.3 Å². The Hall–Kier alpha value is -1.14. The van der Waals surface area contributed by atoms with Gasteiger partial charge in [-0.2, -0.15) is 0 Å². The number of likely N-dealkylation sites (tertiary alicyclic amines) is 2. The van der Waals surface area contributed by atoms with Crippen LogP contribution in [0.25, 0.3) is 0 Å². The summed E-state index contributed by atoms with van der Waals surface area (Å²) in [5.41, 5.74) is 1.20. The number of halogens is 1. The van der Waals surface area contributed by atoms with Crippen LogP contribution in [0.5, 0.6) is 0 Å². The van der Waals surface area contributed by atoms with Crippen LogP contribution in [0.1, 0.15) is 38.2 Å². The number of hydrogen-bond acceptors (Lipinski definition) is 4. The minimum absolute atomic E-state index is 0.0663. The Bertz CT molecular complexity index is 601. The van der Waals surface area contributed by atoms with Crippen LogP contribution >= 0.6 is 11.6 Å². The van der Waals surface area contributed by atoms with Crippen molar-refractivity contribution in [1.82, 2.24) is 20.4 Å². The summed E-state index contributed by atoms with van der Waals surface area (Å²) in [4.78, 5) is 17.3. The van der Waals surface area contributed by atoms with Crippen LogP contribution in [0.4, 0.5) is 0 Å². The molecule has 2 fully saturated rings. The molecule has 1 amide bonds. The first-order valence-corrected chi connectivity index (χ1v) is 10.6. The van der Waals surface area contributed by atoms with E-state index in [1.54, 1.807) is 7.05 Å². The maximum atomic E-state index is 12.4. The Balaban J connectivity index is 1.56. The third-order valence-electron chi connectivity index (χ3n) is 5.85. The molecule has 27 heavy (non-hydrogen) atoms. The molecule has 2 N–H and O–H groups in total. The molecule has 0 saturated carbocycles. The summed E-state index contributed by atoms with van der Waals surface area (Å²) >= 11 is 6.00. The van der Waals surface area contributed by atoms with Gasteiger partial charge in [-0.1, -0.05) is 30.7 Å². The van der Waals surface area contributed by atoms with Gasteiger partial charge in [-0.25, -0.2) is 0 Å². The van der Waals surface area contributed by atoms with E-state index in [9.17, 15) is 4.79 Å². The lowest BCUT2D eigenvalue weighted by Crippen LogP contribution is -2.47. The van der Waals surface area contributed by atoms with Gasteiger partial charge < -0.3 is 15.5 Å². The van der Waals surface area contributed by atoms with Gasteiger partial charge in [0, 0.05) is 37.2 Å². The van der Waals surface area contributed by atoms with Crippen LogP contribution in [0.15, 0.2) is 24.3 Å². The third kappa shape index (κ3) is 5.67. The quantitative estimate of drug-likeness (QED) is 0.748. The van der Waals surface area contributed by atoms with E-state index in [2.05, 4.69) is 27.4 Å². The molecular formula is C21H33ClN4O. The lowest BCUT2D eigenvalue weighted by atomic mass is 10.0. The maximum absolute atomic E-state index is 12.4. The maximum Gasteiger partial charge on any atom is 0.237 e. The summed E-state index contributed by atoms with van der Waals surface area (Å²) in [5.74, 6) is 0.117. The first kappa shape index (κ1) is 20.6. The summed E-state index contributed by atoms with van der Waals surface area (Å²) in [6, 6.07) is 8.82. The minimum atomic E-state index is -0.0663. The van der Waals surface area contributed by atoms with Gasteiger partial charge in [-0.15, -0.1) is 0 Å². The number of piperidine rings is 1. The molecular weight excluding hydrogens is 360 g/mol. The van der Waals surface area contributed by atoms with Crippen LogP contribution in [0, 0.1) is 0 Å². The predicted molar refractivity (Wildman–Crippen MR) is 111 cm³/mol. The van der Waals surface area contributed by atoms with Crippen molar-refractivity contribution < 1.29 is 4.79 Å². The molecule has 150 valence electrons. The van der Waals surface area contributed by atoms with Crippen molar-refractivity contribution >= 4 is 17.5 Å². The van der Waals surface area contributed by atoms with Gasteiger partial charge in [0.15, 0.2) is 0 Å². The number of carbonyl (C=O) groups is 1. The van der Waals surface area contributed by atoms with E-state index in [-0.39, 0.29) is 11.9 Å². The number of carbonyl (C=O) groups excluding carboxylic acids is 1. The number of nitrogens with one attached hydrogen (secondary N) is 2. The molecule has 0 unspecified atom stereocenters. The summed E-state index contributed by atoms with van der Waals surface area (Å²) in [7, 11) is 1.73. The molecule has 3 rings (SSSR count). The van der Waals surface area contributed by atoms with Crippen molar-refractivity contribution in [3.63, 3.8) is 0 Å². The van der Waals surface area contributed by atoms with Gasteiger partial charge >= 0.3 is 0 Å². The molecule has 0 spiro atoms. The summed E-state index contributed by atoms with van der Waals surface area (Å²) < 4.78 is 0. The van der Waals surface area contributed by atoms with Crippen molar-refractivity contribution in [2.45, 2.75) is 57.3 Å². The molecule has 2 aliphatic rings. The highest BCUT2D eigenvalue weighted by Gasteiger charge is 2.37. The fraction of sp³-hybridized carbons (Fsp3) is 0.667. The van der Waals surface area contributed by atoms with Gasteiger partial charge in [0.05, 0.1) is 6.04 Å². The van der Waals surface area contributed by atoms with Crippen molar-refractivity contribution in [2.75, 3.05) is 33.2 Å². The standard InChI is InChI=1S/C21H33ClN4O/c1-3-10-25-11-8-18(9-12-25)24-19-13-20(21(27)23-2)26(15-19)14-16-4-6-17(22)7-5-16/h4-7,18-20,24H,3,8-15H2,1-2H3,(H,23,27)/t19-,20-/m0/s1. The second-order valence-electron chi connectivity index (χ2n) is 7.90. The van der Waals surface area contributed by atoms with Crippen LogP contribution in [0.2, 0.25) is 5.02 Å². The number of rotatable bonds is 7. The zero-order valence-electron chi connectivity index (χ0n) is 16.6. The van der Waals surface area contributed by atoms with E-state index in [0.717, 1.165) is 24.5 Å². The van der Waals surface area contributed by atoms with Gasteiger partial charge in [0.25, 0.3) is 0 Å². The van der Waals surface area contributed by atoms with Crippen LogP contribution < -0.4 is 10.6 Å². The molecule has 2 saturated heterocycles.